The van der Waals surface area contributed by atoms with E-state index in [1.165, 1.54) is 11.3 Å². The molecule has 2 heterocycles. The highest BCUT2D eigenvalue weighted by Crippen LogP contribution is 2.22. The Morgan fingerprint density at radius 3 is 3.13 bits per heavy atom. The molecule has 0 bridgehead atoms. The number of carbonyl (C=O) groups is 1. The first-order valence-electron chi connectivity index (χ1n) is 4.54. The van der Waals surface area contributed by atoms with Gasteiger partial charge in [-0.3, -0.25) is 4.40 Å². The maximum absolute atomic E-state index is 11.6. The van der Waals surface area contributed by atoms with E-state index in [0.717, 1.165) is 5.69 Å². The fourth-order valence-electron chi connectivity index (χ4n) is 1.33. The molecule has 0 spiro atoms. The molecule has 15 heavy (non-hydrogen) atoms. The number of aryl methyl sites for hydroxylation is 1. The van der Waals surface area contributed by atoms with Crippen LogP contribution in [0.4, 0.5) is 5.82 Å². The summed E-state index contributed by atoms with van der Waals surface area (Å²) in [7, 11) is 0. The van der Waals surface area contributed by atoms with Gasteiger partial charge >= 0.3 is 5.97 Å². The Morgan fingerprint density at radius 1 is 1.73 bits per heavy atom. The van der Waals surface area contributed by atoms with Crippen LogP contribution in [-0.4, -0.2) is 22.0 Å². The van der Waals surface area contributed by atoms with Gasteiger partial charge in [-0.25, -0.2) is 9.78 Å². The third-order valence-corrected chi connectivity index (χ3v) is 2.89. The second kappa shape index (κ2) is 3.54. The predicted molar refractivity (Wildman–Crippen MR) is 58.2 cm³/mol. The summed E-state index contributed by atoms with van der Waals surface area (Å²) in [6.45, 7) is 3.93. The van der Waals surface area contributed by atoms with Gasteiger partial charge in [0.25, 0.3) is 0 Å². The van der Waals surface area contributed by atoms with Crippen molar-refractivity contribution in [2.24, 2.45) is 0 Å². The van der Waals surface area contributed by atoms with Crippen molar-refractivity contribution in [1.82, 2.24) is 9.38 Å². The lowest BCUT2D eigenvalue weighted by atomic mass is 10.4. The van der Waals surface area contributed by atoms with E-state index in [2.05, 4.69) is 4.98 Å². The van der Waals surface area contributed by atoms with Crippen LogP contribution in [0.3, 0.4) is 0 Å². The molecule has 0 amide bonds. The van der Waals surface area contributed by atoms with Gasteiger partial charge in [0, 0.05) is 5.38 Å². The standard InChI is InChI=1S/C9H11N3O2S/c1-3-14-8(13)6-4-15-9-11-5(2)7(10)12(6)9/h4H,3,10H2,1-2H3. The topological polar surface area (TPSA) is 69.6 Å². The van der Waals surface area contributed by atoms with Gasteiger partial charge in [0.15, 0.2) is 4.96 Å². The van der Waals surface area contributed by atoms with Gasteiger partial charge in [0.1, 0.15) is 11.5 Å². The molecule has 2 rings (SSSR count). The van der Waals surface area contributed by atoms with Crippen LogP contribution in [0.2, 0.25) is 0 Å². The van der Waals surface area contributed by atoms with Crippen LogP contribution in [-0.2, 0) is 4.74 Å². The van der Waals surface area contributed by atoms with Crippen LogP contribution in [0, 0.1) is 6.92 Å². The number of carbonyl (C=O) groups excluding carboxylic acids is 1. The molecule has 0 saturated heterocycles. The number of thiazole rings is 1. The van der Waals surface area contributed by atoms with Crippen LogP contribution in [0.1, 0.15) is 23.1 Å². The summed E-state index contributed by atoms with van der Waals surface area (Å²) in [4.78, 5) is 16.5. The van der Waals surface area contributed by atoms with Crippen LogP contribution >= 0.6 is 11.3 Å². The number of rotatable bonds is 2. The molecule has 2 aromatic heterocycles. The smallest absolute Gasteiger partial charge is 0.356 e. The van der Waals surface area contributed by atoms with Crippen molar-refractivity contribution in [3.05, 3.63) is 16.8 Å². The number of anilines is 1. The highest BCUT2D eigenvalue weighted by molar-refractivity contribution is 7.15. The molecule has 80 valence electrons. The summed E-state index contributed by atoms with van der Waals surface area (Å²) in [5.41, 5.74) is 6.99. The number of esters is 1. The fraction of sp³-hybridized carbons (Fsp3) is 0.333. The minimum absolute atomic E-state index is 0.351. The van der Waals surface area contributed by atoms with E-state index in [0.29, 0.717) is 23.1 Å². The average Bonchev–Trinajstić information content (AvgIpc) is 2.70. The number of nitrogens with two attached hydrogens (primary N) is 1. The zero-order valence-corrected chi connectivity index (χ0v) is 9.30. The molecule has 0 aliphatic heterocycles. The first-order valence-corrected chi connectivity index (χ1v) is 5.42. The van der Waals surface area contributed by atoms with Gasteiger partial charge in [-0.1, -0.05) is 0 Å². The highest BCUT2D eigenvalue weighted by atomic mass is 32.1. The molecule has 6 heteroatoms. The molecule has 2 aromatic rings. The van der Waals surface area contributed by atoms with Crippen LogP contribution in [0.25, 0.3) is 4.96 Å². The average molecular weight is 225 g/mol. The zero-order chi connectivity index (χ0) is 11.0. The monoisotopic (exact) mass is 225 g/mol. The van der Waals surface area contributed by atoms with Crippen molar-refractivity contribution < 1.29 is 9.53 Å². The van der Waals surface area contributed by atoms with Crippen LogP contribution < -0.4 is 5.73 Å². The molecule has 5 nitrogen and oxygen atoms in total. The van der Waals surface area contributed by atoms with Gasteiger partial charge in [-0.15, -0.1) is 11.3 Å². The van der Waals surface area contributed by atoms with E-state index in [4.69, 9.17) is 10.5 Å². The number of imidazole rings is 1. The van der Waals surface area contributed by atoms with E-state index in [9.17, 15) is 4.79 Å². The largest absolute Gasteiger partial charge is 0.461 e. The Balaban J connectivity index is 2.56. The maximum atomic E-state index is 11.6. The molecule has 0 radical (unpaired) electrons. The predicted octanol–water partition coefficient (Wildman–Crippen LogP) is 1.46. The summed E-state index contributed by atoms with van der Waals surface area (Å²) in [5, 5.41) is 1.70. The Bertz CT molecular complexity index is 515. The molecule has 2 N–H and O–H groups in total. The molecule has 0 saturated carbocycles. The molecular formula is C9H11N3O2S. The number of hydrogen-bond acceptors (Lipinski definition) is 5. The maximum Gasteiger partial charge on any atom is 0.356 e. The molecule has 0 aliphatic rings. The summed E-state index contributed by atoms with van der Waals surface area (Å²) < 4.78 is 6.55. The number of nitrogens with zero attached hydrogens (tertiary/aromatic N) is 2. The SMILES string of the molecule is CCOC(=O)c1csc2nc(C)c(N)n12. The number of fused-ring (bicyclic) bond motifs is 1. The van der Waals surface area contributed by atoms with Crippen molar-refractivity contribution in [2.75, 3.05) is 12.3 Å². The number of nitrogen functional groups attached to an aromatic ring is 1. The fourth-order valence-corrected chi connectivity index (χ4v) is 2.24. The lowest BCUT2D eigenvalue weighted by Crippen LogP contribution is -2.09. The molecule has 0 atom stereocenters. The Labute approximate surface area is 90.5 Å². The molecule has 0 fully saturated rings. The lowest BCUT2D eigenvalue weighted by Gasteiger charge is -2.00. The zero-order valence-electron chi connectivity index (χ0n) is 8.48. The van der Waals surface area contributed by atoms with Crippen molar-refractivity contribution >= 4 is 28.1 Å². The summed E-state index contributed by atoms with van der Waals surface area (Å²) in [5.74, 6) is 0.127. The van der Waals surface area contributed by atoms with E-state index >= 15 is 0 Å². The summed E-state index contributed by atoms with van der Waals surface area (Å²) in [6, 6.07) is 0. The Hall–Kier alpha value is -1.56. The quantitative estimate of drug-likeness (QED) is 0.785. The van der Waals surface area contributed by atoms with Gasteiger partial charge in [0.05, 0.1) is 12.3 Å². The van der Waals surface area contributed by atoms with Gasteiger partial charge in [0.2, 0.25) is 0 Å². The van der Waals surface area contributed by atoms with Crippen LogP contribution in [0.15, 0.2) is 5.38 Å². The highest BCUT2D eigenvalue weighted by Gasteiger charge is 2.17. The lowest BCUT2D eigenvalue weighted by molar-refractivity contribution is 0.0519. The number of hydrogen-bond donors (Lipinski definition) is 1. The second-order valence-corrected chi connectivity index (χ2v) is 3.88. The van der Waals surface area contributed by atoms with E-state index in [1.54, 1.807) is 16.7 Å². The van der Waals surface area contributed by atoms with E-state index in [1.807, 2.05) is 6.92 Å². The minimum atomic E-state index is -0.368. The normalized spacial score (nSPS) is 10.8. The van der Waals surface area contributed by atoms with Crippen molar-refractivity contribution in [3.63, 3.8) is 0 Å². The number of aromatic nitrogens is 2. The van der Waals surface area contributed by atoms with Crippen molar-refractivity contribution in [1.29, 1.82) is 0 Å². The van der Waals surface area contributed by atoms with Crippen molar-refractivity contribution in [2.45, 2.75) is 13.8 Å². The first-order chi connectivity index (χ1) is 7.15. The van der Waals surface area contributed by atoms with Crippen LogP contribution in [0.5, 0.6) is 0 Å². The first kappa shape index (κ1) is 9.97. The molecule has 0 aliphatic carbocycles. The summed E-state index contributed by atoms with van der Waals surface area (Å²) >= 11 is 1.37. The van der Waals surface area contributed by atoms with Gasteiger partial charge in [-0.05, 0) is 13.8 Å². The molecular weight excluding hydrogens is 214 g/mol. The second-order valence-electron chi connectivity index (χ2n) is 3.04. The Morgan fingerprint density at radius 2 is 2.47 bits per heavy atom. The Kier molecular flexibility index (Phi) is 2.36. The minimum Gasteiger partial charge on any atom is -0.461 e. The van der Waals surface area contributed by atoms with Crippen molar-refractivity contribution in [3.8, 4) is 0 Å². The molecule has 0 aromatic carbocycles. The molecule has 0 unspecified atom stereocenters. The van der Waals surface area contributed by atoms with E-state index < -0.39 is 0 Å². The third-order valence-electron chi connectivity index (χ3n) is 2.07. The number of ether oxygens (including phenoxy) is 1. The van der Waals surface area contributed by atoms with Gasteiger partial charge in [-0.2, -0.15) is 0 Å². The van der Waals surface area contributed by atoms with E-state index in [-0.39, 0.29) is 5.97 Å². The van der Waals surface area contributed by atoms with Gasteiger partial charge < -0.3 is 10.5 Å². The third kappa shape index (κ3) is 1.46. The summed E-state index contributed by atoms with van der Waals surface area (Å²) in [6.07, 6.45) is 0.